The van der Waals surface area contributed by atoms with Gasteiger partial charge in [-0.2, -0.15) is 0 Å². The second-order valence-corrected chi connectivity index (χ2v) is 4.79. The molecule has 0 amide bonds. The Balaban J connectivity index is 2.14. The quantitative estimate of drug-likeness (QED) is 0.519. The van der Waals surface area contributed by atoms with Crippen molar-refractivity contribution in [2.24, 2.45) is 0 Å². The number of hydrogen-bond acceptors (Lipinski definition) is 3. The summed E-state index contributed by atoms with van der Waals surface area (Å²) in [6, 6.07) is 9.02. The molecular weight excluding hydrogens is 254 g/mol. The average molecular weight is 264 g/mol. The number of halogens is 1. The van der Waals surface area contributed by atoms with Crippen molar-refractivity contribution in [1.29, 1.82) is 0 Å². The second-order valence-electron chi connectivity index (χ2n) is 3.46. The van der Waals surface area contributed by atoms with Crippen molar-refractivity contribution in [2.45, 2.75) is 0 Å². The molecule has 0 spiro atoms. The molecule has 1 aromatic carbocycles. The highest BCUT2D eigenvalue weighted by atomic mass is 35.5. The standard InChI is InChI=1S/C13H10ClNOS/c14-11-7-8-17-13(11)12(16)6-3-9-1-4-10(15)5-2-9/h1-8H,15H2/b6-3+. The van der Waals surface area contributed by atoms with E-state index in [4.69, 9.17) is 17.3 Å². The first-order valence-electron chi connectivity index (χ1n) is 4.98. The minimum Gasteiger partial charge on any atom is -0.399 e. The molecule has 17 heavy (non-hydrogen) atoms. The zero-order chi connectivity index (χ0) is 12.3. The van der Waals surface area contributed by atoms with Crippen LogP contribution in [0.3, 0.4) is 0 Å². The van der Waals surface area contributed by atoms with E-state index in [1.807, 2.05) is 12.1 Å². The summed E-state index contributed by atoms with van der Waals surface area (Å²) in [5, 5.41) is 2.30. The second kappa shape index (κ2) is 5.17. The molecule has 0 saturated carbocycles. The highest BCUT2D eigenvalue weighted by Crippen LogP contribution is 2.23. The third kappa shape index (κ3) is 2.96. The number of allylic oxidation sites excluding steroid dienone is 1. The molecule has 2 N–H and O–H groups in total. The third-order valence-electron chi connectivity index (χ3n) is 2.20. The van der Waals surface area contributed by atoms with E-state index >= 15 is 0 Å². The molecule has 0 atom stereocenters. The van der Waals surface area contributed by atoms with Gasteiger partial charge in [-0.3, -0.25) is 4.79 Å². The number of nitrogens with two attached hydrogens (primary N) is 1. The van der Waals surface area contributed by atoms with Gasteiger partial charge >= 0.3 is 0 Å². The van der Waals surface area contributed by atoms with Crippen LogP contribution in [-0.2, 0) is 0 Å². The number of anilines is 1. The van der Waals surface area contributed by atoms with E-state index in [1.165, 1.54) is 17.4 Å². The largest absolute Gasteiger partial charge is 0.399 e. The van der Waals surface area contributed by atoms with Gasteiger partial charge in [-0.25, -0.2) is 0 Å². The van der Waals surface area contributed by atoms with Crippen LogP contribution in [0, 0.1) is 0 Å². The Morgan fingerprint density at radius 2 is 1.94 bits per heavy atom. The van der Waals surface area contributed by atoms with Gasteiger partial charge in [0.05, 0.1) is 9.90 Å². The maximum absolute atomic E-state index is 11.8. The van der Waals surface area contributed by atoms with E-state index in [0.29, 0.717) is 15.6 Å². The lowest BCUT2D eigenvalue weighted by Gasteiger charge is -1.95. The number of ketones is 1. The van der Waals surface area contributed by atoms with E-state index < -0.39 is 0 Å². The fourth-order valence-corrected chi connectivity index (χ4v) is 2.39. The van der Waals surface area contributed by atoms with Crippen LogP contribution in [0.1, 0.15) is 15.2 Å². The van der Waals surface area contributed by atoms with Gasteiger partial charge in [0.2, 0.25) is 0 Å². The molecular formula is C13H10ClNOS. The molecule has 1 heterocycles. The lowest BCUT2D eigenvalue weighted by molar-refractivity contribution is 0.105. The topological polar surface area (TPSA) is 43.1 Å². The predicted octanol–water partition coefficient (Wildman–Crippen LogP) is 3.88. The summed E-state index contributed by atoms with van der Waals surface area (Å²) in [6.07, 6.45) is 3.26. The molecule has 4 heteroatoms. The van der Waals surface area contributed by atoms with Crippen LogP contribution in [0.5, 0.6) is 0 Å². The highest BCUT2D eigenvalue weighted by Gasteiger charge is 2.07. The first-order valence-corrected chi connectivity index (χ1v) is 6.23. The summed E-state index contributed by atoms with van der Waals surface area (Å²) in [6.45, 7) is 0. The van der Waals surface area contributed by atoms with E-state index in [9.17, 15) is 4.79 Å². The van der Waals surface area contributed by atoms with Gasteiger partial charge in [0.15, 0.2) is 5.78 Å². The highest BCUT2D eigenvalue weighted by molar-refractivity contribution is 7.13. The summed E-state index contributed by atoms with van der Waals surface area (Å²) in [4.78, 5) is 12.3. The lowest BCUT2D eigenvalue weighted by atomic mass is 10.1. The van der Waals surface area contributed by atoms with E-state index in [1.54, 1.807) is 29.7 Å². The SMILES string of the molecule is Nc1ccc(/C=C/C(=O)c2sccc2Cl)cc1. The number of carbonyl (C=O) groups excluding carboxylic acids is 1. The smallest absolute Gasteiger partial charge is 0.197 e. The zero-order valence-corrected chi connectivity index (χ0v) is 10.5. The predicted molar refractivity (Wildman–Crippen MR) is 73.5 cm³/mol. The van der Waals surface area contributed by atoms with Crippen molar-refractivity contribution in [1.82, 2.24) is 0 Å². The molecule has 0 saturated heterocycles. The Morgan fingerprint density at radius 1 is 1.24 bits per heavy atom. The first-order chi connectivity index (χ1) is 8.16. The summed E-state index contributed by atoms with van der Waals surface area (Å²) in [7, 11) is 0. The number of carbonyl (C=O) groups is 1. The van der Waals surface area contributed by atoms with Crippen molar-refractivity contribution in [3.63, 3.8) is 0 Å². The Bertz CT molecular complexity index is 557. The van der Waals surface area contributed by atoms with Crippen molar-refractivity contribution < 1.29 is 4.79 Å². The summed E-state index contributed by atoms with van der Waals surface area (Å²) in [5.41, 5.74) is 7.21. The fraction of sp³-hybridized carbons (Fsp3) is 0. The van der Waals surface area contributed by atoms with Gasteiger partial charge < -0.3 is 5.73 Å². The van der Waals surface area contributed by atoms with Crippen LogP contribution in [-0.4, -0.2) is 5.78 Å². The molecule has 0 unspecified atom stereocenters. The Hall–Kier alpha value is -1.58. The third-order valence-corrected chi connectivity index (χ3v) is 3.56. The van der Waals surface area contributed by atoms with Gasteiger partial charge in [-0.05, 0) is 35.2 Å². The molecule has 0 fully saturated rings. The molecule has 0 aliphatic carbocycles. The van der Waals surface area contributed by atoms with Crippen molar-refractivity contribution in [3.05, 3.63) is 57.3 Å². The molecule has 1 aromatic heterocycles. The molecule has 2 rings (SSSR count). The molecule has 0 bridgehead atoms. The van der Waals surface area contributed by atoms with Crippen LogP contribution in [0.4, 0.5) is 5.69 Å². The number of nitrogen functional groups attached to an aromatic ring is 1. The zero-order valence-electron chi connectivity index (χ0n) is 8.89. The van der Waals surface area contributed by atoms with Crippen LogP contribution in [0.15, 0.2) is 41.8 Å². The molecule has 0 aliphatic heterocycles. The summed E-state index contributed by atoms with van der Waals surface area (Å²) >= 11 is 7.22. The average Bonchev–Trinajstić information content (AvgIpc) is 2.74. The number of thiophene rings is 1. The summed E-state index contributed by atoms with van der Waals surface area (Å²) < 4.78 is 0. The van der Waals surface area contributed by atoms with Gasteiger partial charge in [-0.15, -0.1) is 11.3 Å². The molecule has 2 nitrogen and oxygen atoms in total. The molecule has 86 valence electrons. The van der Waals surface area contributed by atoms with Crippen LogP contribution >= 0.6 is 22.9 Å². The van der Waals surface area contributed by atoms with E-state index in [0.717, 1.165) is 5.56 Å². The Labute approximate surface area is 108 Å². The van der Waals surface area contributed by atoms with Gasteiger partial charge in [0.25, 0.3) is 0 Å². The monoisotopic (exact) mass is 263 g/mol. The van der Waals surface area contributed by atoms with Crippen LogP contribution in [0.2, 0.25) is 5.02 Å². The number of benzene rings is 1. The maximum atomic E-state index is 11.8. The normalized spacial score (nSPS) is 10.9. The van der Waals surface area contributed by atoms with Gasteiger partial charge in [0, 0.05) is 5.69 Å². The van der Waals surface area contributed by atoms with Crippen molar-refractivity contribution >= 4 is 40.5 Å². The van der Waals surface area contributed by atoms with Gasteiger partial charge in [0.1, 0.15) is 0 Å². The van der Waals surface area contributed by atoms with E-state index in [2.05, 4.69) is 0 Å². The minimum atomic E-state index is -0.0816. The maximum Gasteiger partial charge on any atom is 0.197 e. The summed E-state index contributed by atoms with van der Waals surface area (Å²) in [5.74, 6) is -0.0816. The lowest BCUT2D eigenvalue weighted by Crippen LogP contribution is -1.90. The van der Waals surface area contributed by atoms with Crippen molar-refractivity contribution in [2.75, 3.05) is 5.73 Å². The molecule has 0 radical (unpaired) electrons. The van der Waals surface area contributed by atoms with E-state index in [-0.39, 0.29) is 5.78 Å². The van der Waals surface area contributed by atoms with Crippen LogP contribution in [0.25, 0.3) is 6.08 Å². The number of rotatable bonds is 3. The molecule has 2 aromatic rings. The van der Waals surface area contributed by atoms with Gasteiger partial charge in [-0.1, -0.05) is 29.8 Å². The van der Waals surface area contributed by atoms with Crippen molar-refractivity contribution in [3.8, 4) is 0 Å². The Kier molecular flexibility index (Phi) is 3.61. The fourth-order valence-electron chi connectivity index (χ4n) is 1.32. The first kappa shape index (κ1) is 11.9. The Morgan fingerprint density at radius 3 is 2.53 bits per heavy atom. The van der Waals surface area contributed by atoms with Crippen LogP contribution < -0.4 is 5.73 Å². The number of hydrogen-bond donors (Lipinski definition) is 1. The minimum absolute atomic E-state index is 0.0816. The molecule has 0 aliphatic rings.